The molecule has 0 N–H and O–H groups in total. The van der Waals surface area contributed by atoms with Crippen molar-refractivity contribution in [3.05, 3.63) is 224 Å². The normalized spacial score (nSPS) is 13.6. The van der Waals surface area contributed by atoms with Crippen molar-refractivity contribution < 1.29 is 0 Å². The molecule has 70 heavy (non-hydrogen) atoms. The van der Waals surface area contributed by atoms with Gasteiger partial charge in [0.2, 0.25) is 0 Å². The predicted molar refractivity (Wildman–Crippen MR) is 302 cm³/mol. The Balaban J connectivity index is 1.11. The maximum atomic E-state index is 2.58. The molecule has 0 saturated heterocycles. The molecule has 0 amide bonds. The van der Waals surface area contributed by atoms with Crippen LogP contribution in [0, 0.1) is 0 Å². The van der Waals surface area contributed by atoms with Gasteiger partial charge in [0.05, 0.1) is 0 Å². The molecule has 0 radical (unpaired) electrons. The van der Waals surface area contributed by atoms with Crippen molar-refractivity contribution >= 4 is 113 Å². The van der Waals surface area contributed by atoms with E-state index < -0.39 is 0 Å². The fraction of sp³-hybridized carbons (Fsp3) is 0.0286. The lowest BCUT2D eigenvalue weighted by molar-refractivity contribution is 1.05. The molecule has 15 aromatic carbocycles. The first-order chi connectivity index (χ1) is 34.8. The Labute approximate surface area is 403 Å². The summed E-state index contributed by atoms with van der Waals surface area (Å²) in [6, 6.07) is 77.0. The van der Waals surface area contributed by atoms with Crippen LogP contribution < -0.4 is 0 Å². The van der Waals surface area contributed by atoms with Gasteiger partial charge < -0.3 is 0 Å². The first-order valence-corrected chi connectivity index (χ1v) is 24.9. The predicted octanol–water partition coefficient (Wildman–Crippen LogP) is 19.9. The highest BCUT2D eigenvalue weighted by molar-refractivity contribution is 6.49. The SMILES string of the molecule is C1=CCCC(c2cccc(-c3c4c(cc5c6ccccc6c6cccc4c65)c(-c4cccc(-c5ccccc5)c4)c4c5ccc6c7ccc8c9c(ccc(c%10ccc(c34)c5c6%10)c97)-c3ccccc3-8)c2)=C1. The first-order valence-electron chi connectivity index (χ1n) is 24.9. The van der Waals surface area contributed by atoms with Crippen LogP contribution in [0.25, 0.3) is 169 Å². The van der Waals surface area contributed by atoms with Gasteiger partial charge in [0, 0.05) is 0 Å². The second-order valence-electron chi connectivity index (χ2n) is 20.0. The Morgan fingerprint density at radius 3 is 1.44 bits per heavy atom. The number of rotatable bonds is 4. The van der Waals surface area contributed by atoms with Gasteiger partial charge in [-0.2, -0.15) is 0 Å². The summed E-state index contributed by atoms with van der Waals surface area (Å²) < 4.78 is 0. The van der Waals surface area contributed by atoms with Crippen LogP contribution in [0.1, 0.15) is 18.4 Å². The molecule has 0 aromatic heterocycles. The van der Waals surface area contributed by atoms with Gasteiger partial charge in [-0.05, 0) is 206 Å². The monoisotopic (exact) mass is 880 g/mol. The molecule has 0 unspecified atom stereocenters. The number of fused-ring (bicyclic) bond motifs is 13. The van der Waals surface area contributed by atoms with Crippen molar-refractivity contribution in [2.75, 3.05) is 0 Å². The molecule has 0 aliphatic heterocycles. The summed E-state index contributed by atoms with van der Waals surface area (Å²) >= 11 is 0. The zero-order valence-electron chi connectivity index (χ0n) is 38.2. The Hall–Kier alpha value is -8.84. The van der Waals surface area contributed by atoms with Crippen molar-refractivity contribution in [1.82, 2.24) is 0 Å². The minimum absolute atomic E-state index is 1.04. The van der Waals surface area contributed by atoms with Crippen LogP contribution in [0.2, 0.25) is 0 Å². The second-order valence-corrected chi connectivity index (χ2v) is 20.0. The van der Waals surface area contributed by atoms with Crippen LogP contribution in [0.3, 0.4) is 0 Å². The third kappa shape index (κ3) is 4.66. The lowest BCUT2D eigenvalue weighted by Gasteiger charge is -2.20. The largest absolute Gasteiger partial charge is 0.0842 e. The van der Waals surface area contributed by atoms with Gasteiger partial charge in [-0.15, -0.1) is 0 Å². The van der Waals surface area contributed by atoms with Crippen molar-refractivity contribution in [2.24, 2.45) is 0 Å². The minimum Gasteiger partial charge on any atom is -0.0842 e. The van der Waals surface area contributed by atoms with Gasteiger partial charge in [0.15, 0.2) is 0 Å². The minimum atomic E-state index is 1.04. The van der Waals surface area contributed by atoms with Gasteiger partial charge >= 0.3 is 0 Å². The third-order valence-corrected chi connectivity index (χ3v) is 16.7. The molecule has 0 atom stereocenters. The van der Waals surface area contributed by atoms with E-state index in [-0.39, 0.29) is 0 Å². The van der Waals surface area contributed by atoms with Gasteiger partial charge in [-0.25, -0.2) is 0 Å². The number of allylic oxidation sites excluding steroid dienone is 4. The summed E-state index contributed by atoms with van der Waals surface area (Å²) in [4.78, 5) is 0. The van der Waals surface area contributed by atoms with Gasteiger partial charge in [-0.3, -0.25) is 0 Å². The Bertz CT molecular complexity index is 4770. The average Bonchev–Trinajstić information content (AvgIpc) is 4.07. The maximum Gasteiger partial charge on any atom is -0.000718 e. The summed E-state index contributed by atoms with van der Waals surface area (Å²) in [6.07, 6.45) is 8.96. The second kappa shape index (κ2) is 13.4. The van der Waals surface area contributed by atoms with Crippen LogP contribution in [0.5, 0.6) is 0 Å². The quantitative estimate of drug-likeness (QED) is 0.122. The van der Waals surface area contributed by atoms with E-state index in [1.54, 1.807) is 0 Å². The molecule has 0 heteroatoms. The summed E-state index contributed by atoms with van der Waals surface area (Å²) in [6.45, 7) is 0. The van der Waals surface area contributed by atoms with E-state index >= 15 is 0 Å². The summed E-state index contributed by atoms with van der Waals surface area (Å²) in [5.41, 5.74) is 15.7. The van der Waals surface area contributed by atoms with Crippen molar-refractivity contribution in [1.29, 1.82) is 0 Å². The van der Waals surface area contributed by atoms with Crippen LogP contribution >= 0.6 is 0 Å². The van der Waals surface area contributed by atoms with E-state index in [1.165, 1.54) is 174 Å². The molecule has 0 spiro atoms. The van der Waals surface area contributed by atoms with E-state index in [4.69, 9.17) is 0 Å². The highest BCUT2D eigenvalue weighted by atomic mass is 14.3. The third-order valence-electron chi connectivity index (χ3n) is 16.7. The standard InChI is InChI=1S/C70H40/c1-3-14-39(15-4-1)41-18-11-20-43(36-41)61-60-38-59-48-25-10-9-24-47(48)49-26-13-27-56(63(49)59)68(60)62(44-21-12-19-42(37-44)40-16-5-2-6-17-40)70-58-35-33-55-53-31-29-51-46-23-8-7-22-45(46)50-28-30-52(65(53)64(50)51)54-32-34-57(69(61)70)67(58)66(54)55/h1-5,7-16,18-38H,6,17H2. The number of hydrogen-bond donors (Lipinski definition) is 0. The summed E-state index contributed by atoms with van der Waals surface area (Å²) in [5, 5.41) is 26.7. The highest BCUT2D eigenvalue weighted by Crippen LogP contribution is 2.58. The van der Waals surface area contributed by atoms with E-state index in [0.29, 0.717) is 0 Å². The first kappa shape index (κ1) is 37.2. The molecule has 0 saturated carbocycles. The van der Waals surface area contributed by atoms with Gasteiger partial charge in [-0.1, -0.05) is 200 Å². The zero-order chi connectivity index (χ0) is 45.3. The Kier molecular flexibility index (Phi) is 7.14. The molecule has 2 aliphatic carbocycles. The van der Waals surface area contributed by atoms with Crippen molar-refractivity contribution in [3.63, 3.8) is 0 Å². The topological polar surface area (TPSA) is 0 Å². The molecular weight excluding hydrogens is 841 g/mol. The number of hydrogen-bond acceptors (Lipinski definition) is 0. The zero-order valence-corrected chi connectivity index (χ0v) is 38.2. The van der Waals surface area contributed by atoms with Crippen molar-refractivity contribution in [2.45, 2.75) is 12.8 Å². The molecule has 17 rings (SSSR count). The van der Waals surface area contributed by atoms with Gasteiger partial charge in [0.1, 0.15) is 0 Å². The average molecular weight is 881 g/mol. The molecule has 320 valence electrons. The molecule has 0 bridgehead atoms. The molecule has 2 aliphatic rings. The van der Waals surface area contributed by atoms with Crippen LogP contribution in [0.4, 0.5) is 0 Å². The van der Waals surface area contributed by atoms with Crippen LogP contribution in [-0.2, 0) is 0 Å². The fourth-order valence-corrected chi connectivity index (χ4v) is 13.9. The maximum absolute atomic E-state index is 2.58. The van der Waals surface area contributed by atoms with E-state index in [0.717, 1.165) is 12.8 Å². The molecule has 0 nitrogen and oxygen atoms in total. The fourth-order valence-electron chi connectivity index (χ4n) is 13.9. The molecule has 0 fully saturated rings. The van der Waals surface area contributed by atoms with E-state index in [9.17, 15) is 0 Å². The van der Waals surface area contributed by atoms with Gasteiger partial charge in [0.25, 0.3) is 0 Å². The lowest BCUT2D eigenvalue weighted by Crippen LogP contribution is -1.93. The number of benzene rings is 13. The van der Waals surface area contributed by atoms with Crippen molar-refractivity contribution in [3.8, 4) is 55.6 Å². The smallest absolute Gasteiger partial charge is 0.000718 e. The Morgan fingerprint density at radius 2 is 0.729 bits per heavy atom. The molecular formula is C70H40. The Morgan fingerprint density at radius 1 is 0.243 bits per heavy atom. The summed E-state index contributed by atoms with van der Waals surface area (Å²) in [7, 11) is 0. The van der Waals surface area contributed by atoms with Crippen LogP contribution in [-0.4, -0.2) is 0 Å². The van der Waals surface area contributed by atoms with E-state index in [1.807, 2.05) is 0 Å². The summed E-state index contributed by atoms with van der Waals surface area (Å²) in [5.74, 6) is 0. The highest BCUT2D eigenvalue weighted by Gasteiger charge is 2.30. The molecule has 15 aromatic rings. The van der Waals surface area contributed by atoms with Crippen LogP contribution in [0.15, 0.2) is 218 Å². The van der Waals surface area contributed by atoms with E-state index in [2.05, 4.69) is 218 Å². The molecule has 0 heterocycles. The lowest BCUT2D eigenvalue weighted by atomic mass is 9.82.